The van der Waals surface area contributed by atoms with Crippen molar-refractivity contribution < 1.29 is 14.6 Å². The number of ether oxygens (including phenoxy) is 2. The van der Waals surface area contributed by atoms with Gasteiger partial charge in [0.1, 0.15) is 0 Å². The molecular weight excluding hydrogens is 352 g/mol. The van der Waals surface area contributed by atoms with Gasteiger partial charge in [0.2, 0.25) is 0 Å². The Morgan fingerprint density at radius 1 is 1.07 bits per heavy atom. The molecule has 5 heteroatoms. The number of phenolic OH excluding ortho intramolecular Hbond substituents is 1. The Morgan fingerprint density at radius 3 is 2.64 bits per heavy atom. The third kappa shape index (κ3) is 4.16. The minimum Gasteiger partial charge on any atom is -0.504 e. The van der Waals surface area contributed by atoms with Crippen molar-refractivity contribution in [2.45, 2.75) is 6.54 Å². The lowest BCUT2D eigenvalue weighted by molar-refractivity contribution is 0.0341. The predicted octanol–water partition coefficient (Wildman–Crippen LogP) is 4.14. The molecule has 0 spiro atoms. The Bertz CT molecular complexity index is 994. The topological polar surface area (TPSA) is 54.3 Å². The van der Waals surface area contributed by atoms with Crippen molar-refractivity contribution in [3.63, 3.8) is 0 Å². The third-order valence-corrected chi connectivity index (χ3v) is 4.98. The largest absolute Gasteiger partial charge is 0.504 e. The van der Waals surface area contributed by atoms with Crippen LogP contribution >= 0.6 is 0 Å². The van der Waals surface area contributed by atoms with Crippen LogP contribution in [0.3, 0.4) is 0 Å². The van der Waals surface area contributed by atoms with Crippen molar-refractivity contribution in [1.29, 1.82) is 0 Å². The summed E-state index contributed by atoms with van der Waals surface area (Å²) in [6, 6.07) is 18.1. The molecule has 3 aromatic rings. The molecule has 1 aliphatic heterocycles. The molecule has 0 aliphatic carbocycles. The lowest BCUT2D eigenvalue weighted by atomic mass is 10.1. The van der Waals surface area contributed by atoms with E-state index >= 15 is 0 Å². The molecule has 0 amide bonds. The first-order valence-electron chi connectivity index (χ1n) is 9.46. The molecule has 144 valence electrons. The number of phenols is 1. The maximum Gasteiger partial charge on any atom is 0.166 e. The minimum absolute atomic E-state index is 0.109. The first-order valence-corrected chi connectivity index (χ1v) is 9.46. The Kier molecular flexibility index (Phi) is 5.55. The monoisotopic (exact) mass is 376 g/mol. The molecule has 0 aromatic heterocycles. The van der Waals surface area contributed by atoms with Gasteiger partial charge in [0, 0.05) is 31.4 Å². The van der Waals surface area contributed by atoms with Crippen LogP contribution in [0.2, 0.25) is 0 Å². The average Bonchev–Trinajstić information content (AvgIpc) is 2.74. The number of methoxy groups -OCH3 is 1. The highest BCUT2D eigenvalue weighted by molar-refractivity contribution is 5.89. The van der Waals surface area contributed by atoms with Crippen LogP contribution in [0.15, 0.2) is 59.6 Å². The highest BCUT2D eigenvalue weighted by Crippen LogP contribution is 2.31. The van der Waals surface area contributed by atoms with E-state index in [1.54, 1.807) is 13.3 Å². The molecule has 1 saturated heterocycles. The van der Waals surface area contributed by atoms with Crippen LogP contribution in [-0.2, 0) is 11.3 Å². The van der Waals surface area contributed by atoms with Crippen LogP contribution in [0.5, 0.6) is 11.5 Å². The molecule has 28 heavy (non-hydrogen) atoms. The van der Waals surface area contributed by atoms with E-state index in [-0.39, 0.29) is 5.75 Å². The molecule has 0 saturated carbocycles. The molecule has 1 N–H and O–H groups in total. The van der Waals surface area contributed by atoms with E-state index in [0.29, 0.717) is 11.3 Å². The van der Waals surface area contributed by atoms with Crippen LogP contribution in [-0.4, -0.2) is 49.6 Å². The van der Waals surface area contributed by atoms with E-state index in [4.69, 9.17) is 9.47 Å². The van der Waals surface area contributed by atoms with Crippen LogP contribution in [0, 0.1) is 0 Å². The molecular formula is C23H24N2O3. The number of aliphatic imine (C=N–C) groups is 1. The van der Waals surface area contributed by atoms with Gasteiger partial charge < -0.3 is 14.6 Å². The lowest BCUT2D eigenvalue weighted by Gasteiger charge is -2.26. The number of fused-ring (bicyclic) bond motifs is 1. The van der Waals surface area contributed by atoms with Gasteiger partial charge in [-0.3, -0.25) is 9.89 Å². The molecule has 0 atom stereocenters. The summed E-state index contributed by atoms with van der Waals surface area (Å²) in [4.78, 5) is 6.91. The number of benzene rings is 3. The smallest absolute Gasteiger partial charge is 0.166 e. The fraction of sp³-hybridized carbons (Fsp3) is 0.261. The van der Waals surface area contributed by atoms with Crippen molar-refractivity contribution in [1.82, 2.24) is 4.90 Å². The van der Waals surface area contributed by atoms with E-state index < -0.39 is 0 Å². The van der Waals surface area contributed by atoms with Crippen molar-refractivity contribution in [3.8, 4) is 11.5 Å². The number of hydrogen-bond donors (Lipinski definition) is 1. The second kappa shape index (κ2) is 8.42. The molecule has 0 radical (unpaired) electrons. The van der Waals surface area contributed by atoms with E-state index in [9.17, 15) is 5.11 Å². The van der Waals surface area contributed by atoms with E-state index in [1.807, 2.05) is 36.4 Å². The average molecular weight is 376 g/mol. The maximum absolute atomic E-state index is 10.5. The van der Waals surface area contributed by atoms with Crippen molar-refractivity contribution in [3.05, 3.63) is 65.7 Å². The summed E-state index contributed by atoms with van der Waals surface area (Å²) in [6.07, 6.45) is 1.70. The van der Waals surface area contributed by atoms with Gasteiger partial charge in [0.25, 0.3) is 0 Å². The van der Waals surface area contributed by atoms with Gasteiger partial charge in [-0.05, 0) is 40.6 Å². The normalized spacial score (nSPS) is 15.3. The van der Waals surface area contributed by atoms with Crippen LogP contribution < -0.4 is 4.74 Å². The summed E-state index contributed by atoms with van der Waals surface area (Å²) >= 11 is 0. The van der Waals surface area contributed by atoms with E-state index in [1.165, 1.54) is 5.39 Å². The van der Waals surface area contributed by atoms with Gasteiger partial charge >= 0.3 is 0 Å². The summed E-state index contributed by atoms with van der Waals surface area (Å²) in [5, 5.41) is 12.8. The highest BCUT2D eigenvalue weighted by Gasteiger charge is 2.14. The van der Waals surface area contributed by atoms with Gasteiger partial charge in [0.05, 0.1) is 26.0 Å². The summed E-state index contributed by atoms with van der Waals surface area (Å²) < 4.78 is 10.8. The third-order valence-electron chi connectivity index (χ3n) is 4.98. The molecule has 1 heterocycles. The van der Waals surface area contributed by atoms with Gasteiger partial charge in [-0.1, -0.05) is 30.3 Å². The second-order valence-electron chi connectivity index (χ2n) is 6.91. The Labute approximate surface area is 164 Å². The molecule has 0 unspecified atom stereocenters. The van der Waals surface area contributed by atoms with Crippen molar-refractivity contribution in [2.24, 2.45) is 4.99 Å². The quantitative estimate of drug-likeness (QED) is 0.680. The molecule has 4 rings (SSSR count). The van der Waals surface area contributed by atoms with Crippen LogP contribution in [0.4, 0.5) is 5.69 Å². The van der Waals surface area contributed by atoms with Crippen LogP contribution in [0.25, 0.3) is 10.8 Å². The first kappa shape index (κ1) is 18.5. The molecule has 1 aliphatic rings. The van der Waals surface area contributed by atoms with Crippen LogP contribution in [0.1, 0.15) is 11.1 Å². The van der Waals surface area contributed by atoms with Crippen molar-refractivity contribution >= 4 is 22.7 Å². The van der Waals surface area contributed by atoms with E-state index in [2.05, 4.69) is 28.1 Å². The summed E-state index contributed by atoms with van der Waals surface area (Å²) in [5.74, 6) is 0.573. The number of aromatic hydroxyl groups is 1. The summed E-state index contributed by atoms with van der Waals surface area (Å²) in [5.41, 5.74) is 2.57. The van der Waals surface area contributed by atoms with Crippen molar-refractivity contribution in [2.75, 3.05) is 33.4 Å². The van der Waals surface area contributed by atoms with Gasteiger partial charge in [-0.2, -0.15) is 0 Å². The Hall–Kier alpha value is -2.89. The zero-order valence-corrected chi connectivity index (χ0v) is 16.0. The Balaban J connectivity index is 1.61. The number of morpholine rings is 1. The fourth-order valence-electron chi connectivity index (χ4n) is 3.45. The SMILES string of the molecule is COc1cc(CN2CCOCC2)cc(C=Nc2ccc3ccccc3c2)c1O. The maximum atomic E-state index is 10.5. The Morgan fingerprint density at radius 2 is 1.86 bits per heavy atom. The number of rotatable bonds is 5. The predicted molar refractivity (Wildman–Crippen MR) is 112 cm³/mol. The standard InChI is InChI=1S/C23H24N2O3/c1-27-22-13-17(16-25-8-10-28-11-9-25)12-20(23(22)26)15-24-21-7-6-18-4-2-3-5-19(18)14-21/h2-7,12-15,26H,8-11,16H2,1H3. The lowest BCUT2D eigenvalue weighted by Crippen LogP contribution is -2.35. The van der Waals surface area contributed by atoms with Gasteiger partial charge in [-0.25, -0.2) is 0 Å². The number of hydrogen-bond acceptors (Lipinski definition) is 5. The fourth-order valence-corrected chi connectivity index (χ4v) is 3.45. The summed E-state index contributed by atoms with van der Waals surface area (Å²) in [7, 11) is 1.57. The second-order valence-corrected chi connectivity index (χ2v) is 6.91. The van der Waals surface area contributed by atoms with Gasteiger partial charge in [0.15, 0.2) is 11.5 Å². The zero-order valence-electron chi connectivity index (χ0n) is 16.0. The van der Waals surface area contributed by atoms with E-state index in [0.717, 1.165) is 49.5 Å². The molecule has 1 fully saturated rings. The molecule has 0 bridgehead atoms. The minimum atomic E-state index is 0.109. The first-order chi connectivity index (χ1) is 13.7. The molecule has 3 aromatic carbocycles. The number of nitrogens with zero attached hydrogens (tertiary/aromatic N) is 2. The molecule has 5 nitrogen and oxygen atoms in total. The summed E-state index contributed by atoms with van der Waals surface area (Å²) in [6.45, 7) is 4.11. The highest BCUT2D eigenvalue weighted by atomic mass is 16.5. The zero-order chi connectivity index (χ0) is 19.3. The van der Waals surface area contributed by atoms with Gasteiger partial charge in [-0.15, -0.1) is 0 Å².